The molecule has 0 amide bonds. The lowest BCUT2D eigenvalue weighted by molar-refractivity contribution is 1.07. The average Bonchev–Trinajstić information content (AvgIpc) is 2.39. The molecular weight excluding hydrogens is 196 g/mol. The maximum atomic E-state index is 9.01. The Kier molecular flexibility index (Phi) is 3.00. The van der Waals surface area contributed by atoms with Crippen LogP contribution >= 0.6 is 0 Å². The first-order valence-corrected chi connectivity index (χ1v) is 5.13. The van der Waals surface area contributed by atoms with Gasteiger partial charge in [0, 0.05) is 6.54 Å². The highest BCUT2D eigenvalue weighted by Gasteiger charge is 2.02. The van der Waals surface area contributed by atoms with E-state index in [4.69, 9.17) is 11.0 Å². The van der Waals surface area contributed by atoms with Crippen LogP contribution in [0.3, 0.4) is 0 Å². The normalized spacial score (nSPS) is 9.75. The van der Waals surface area contributed by atoms with E-state index < -0.39 is 0 Å². The van der Waals surface area contributed by atoms with Gasteiger partial charge < -0.3 is 5.73 Å². The Bertz CT molecular complexity index is 521. The van der Waals surface area contributed by atoms with Gasteiger partial charge in [0.2, 0.25) is 0 Å². The molecule has 78 valence electrons. The minimum atomic E-state index is 0.542. The lowest BCUT2D eigenvalue weighted by Crippen LogP contribution is -1.95. The quantitative estimate of drug-likeness (QED) is 0.824. The van der Waals surface area contributed by atoms with E-state index in [2.05, 4.69) is 6.07 Å². The summed E-state index contributed by atoms with van der Waals surface area (Å²) in [4.78, 5) is 0. The van der Waals surface area contributed by atoms with Gasteiger partial charge in [0.1, 0.15) is 0 Å². The van der Waals surface area contributed by atoms with Gasteiger partial charge in [-0.15, -0.1) is 0 Å². The van der Waals surface area contributed by atoms with E-state index in [9.17, 15) is 0 Å². The fourth-order valence-electron chi connectivity index (χ4n) is 1.65. The zero-order chi connectivity index (χ0) is 11.4. The van der Waals surface area contributed by atoms with Crippen molar-refractivity contribution >= 4 is 0 Å². The number of hydrogen-bond acceptors (Lipinski definition) is 2. The first-order chi connectivity index (χ1) is 7.85. The van der Waals surface area contributed by atoms with E-state index in [1.54, 1.807) is 0 Å². The van der Waals surface area contributed by atoms with Gasteiger partial charge in [0.05, 0.1) is 11.6 Å². The first-order valence-electron chi connectivity index (χ1n) is 5.13. The van der Waals surface area contributed by atoms with E-state index in [1.165, 1.54) is 0 Å². The standard InChI is InChI=1S/C14H12N2/c15-9-11-5-7-12(8-6-11)14-4-2-1-3-13(14)10-16/h1-8H,9,15H2. The molecule has 0 atom stereocenters. The van der Waals surface area contributed by atoms with Gasteiger partial charge in [-0.25, -0.2) is 0 Å². The number of nitriles is 1. The fourth-order valence-corrected chi connectivity index (χ4v) is 1.65. The third-order valence-corrected chi connectivity index (χ3v) is 2.55. The molecule has 0 radical (unpaired) electrons. The van der Waals surface area contributed by atoms with Crippen molar-refractivity contribution in [3.05, 3.63) is 59.7 Å². The predicted octanol–water partition coefficient (Wildman–Crippen LogP) is 2.68. The number of rotatable bonds is 2. The third kappa shape index (κ3) is 1.95. The highest BCUT2D eigenvalue weighted by Crippen LogP contribution is 2.23. The largest absolute Gasteiger partial charge is 0.326 e. The highest BCUT2D eigenvalue weighted by molar-refractivity contribution is 5.70. The monoisotopic (exact) mass is 208 g/mol. The van der Waals surface area contributed by atoms with Crippen molar-refractivity contribution in [3.63, 3.8) is 0 Å². The van der Waals surface area contributed by atoms with Crippen molar-refractivity contribution in [1.29, 1.82) is 5.26 Å². The van der Waals surface area contributed by atoms with E-state index >= 15 is 0 Å². The van der Waals surface area contributed by atoms with Crippen LogP contribution in [0.15, 0.2) is 48.5 Å². The summed E-state index contributed by atoms with van der Waals surface area (Å²) in [5.74, 6) is 0. The molecule has 0 bridgehead atoms. The predicted molar refractivity (Wildman–Crippen MR) is 64.5 cm³/mol. The molecule has 0 heterocycles. The Morgan fingerprint density at radius 3 is 2.31 bits per heavy atom. The molecule has 0 saturated heterocycles. The van der Waals surface area contributed by atoms with Crippen molar-refractivity contribution in [3.8, 4) is 17.2 Å². The van der Waals surface area contributed by atoms with Crippen LogP contribution in [0.1, 0.15) is 11.1 Å². The fraction of sp³-hybridized carbons (Fsp3) is 0.0714. The second-order valence-corrected chi connectivity index (χ2v) is 3.56. The van der Waals surface area contributed by atoms with Crippen molar-refractivity contribution in [2.24, 2.45) is 5.73 Å². The van der Waals surface area contributed by atoms with Crippen LogP contribution in [-0.4, -0.2) is 0 Å². The summed E-state index contributed by atoms with van der Waals surface area (Å²) in [6.45, 7) is 0.542. The van der Waals surface area contributed by atoms with Crippen molar-refractivity contribution in [2.75, 3.05) is 0 Å². The van der Waals surface area contributed by atoms with Crippen LogP contribution in [0.25, 0.3) is 11.1 Å². The summed E-state index contributed by atoms with van der Waals surface area (Å²) in [7, 11) is 0. The number of hydrogen-bond donors (Lipinski definition) is 1. The van der Waals surface area contributed by atoms with Crippen molar-refractivity contribution in [2.45, 2.75) is 6.54 Å². The van der Waals surface area contributed by atoms with Gasteiger partial charge in [-0.2, -0.15) is 5.26 Å². The molecule has 0 fully saturated rings. The molecule has 2 rings (SSSR count). The number of nitrogens with zero attached hydrogens (tertiary/aromatic N) is 1. The summed E-state index contributed by atoms with van der Waals surface area (Å²) in [6.07, 6.45) is 0. The third-order valence-electron chi connectivity index (χ3n) is 2.55. The van der Waals surface area contributed by atoms with E-state index in [0.717, 1.165) is 16.7 Å². The molecule has 0 aliphatic carbocycles. The zero-order valence-corrected chi connectivity index (χ0v) is 8.85. The smallest absolute Gasteiger partial charge is 0.0998 e. The second kappa shape index (κ2) is 4.61. The summed E-state index contributed by atoms with van der Waals surface area (Å²) < 4.78 is 0. The highest BCUT2D eigenvalue weighted by atomic mass is 14.5. The average molecular weight is 208 g/mol. The molecule has 2 N–H and O–H groups in total. The van der Waals surface area contributed by atoms with Gasteiger partial charge in [-0.05, 0) is 22.8 Å². The molecule has 2 aromatic rings. The summed E-state index contributed by atoms with van der Waals surface area (Å²) in [5, 5.41) is 9.01. The summed E-state index contributed by atoms with van der Waals surface area (Å²) >= 11 is 0. The molecule has 2 heteroatoms. The summed E-state index contributed by atoms with van der Waals surface area (Å²) in [5.41, 5.74) is 9.35. The van der Waals surface area contributed by atoms with E-state index in [1.807, 2.05) is 48.5 Å². The van der Waals surface area contributed by atoms with Gasteiger partial charge >= 0.3 is 0 Å². The van der Waals surface area contributed by atoms with Gasteiger partial charge in [0.25, 0.3) is 0 Å². The molecule has 0 aliphatic heterocycles. The minimum absolute atomic E-state index is 0.542. The maximum absolute atomic E-state index is 9.01. The van der Waals surface area contributed by atoms with Crippen LogP contribution in [0, 0.1) is 11.3 Å². The molecule has 0 unspecified atom stereocenters. The Morgan fingerprint density at radius 1 is 1.00 bits per heavy atom. The van der Waals surface area contributed by atoms with Gasteiger partial charge in [-0.1, -0.05) is 42.5 Å². The van der Waals surface area contributed by atoms with E-state index in [-0.39, 0.29) is 0 Å². The number of benzene rings is 2. The van der Waals surface area contributed by atoms with Crippen LogP contribution in [0.4, 0.5) is 0 Å². The molecule has 16 heavy (non-hydrogen) atoms. The maximum Gasteiger partial charge on any atom is 0.0998 e. The molecule has 0 saturated carbocycles. The molecule has 2 aromatic carbocycles. The topological polar surface area (TPSA) is 49.8 Å². The van der Waals surface area contributed by atoms with Crippen molar-refractivity contribution < 1.29 is 0 Å². The van der Waals surface area contributed by atoms with Crippen LogP contribution < -0.4 is 5.73 Å². The van der Waals surface area contributed by atoms with Gasteiger partial charge in [-0.3, -0.25) is 0 Å². The van der Waals surface area contributed by atoms with Crippen molar-refractivity contribution in [1.82, 2.24) is 0 Å². The Morgan fingerprint density at radius 2 is 1.69 bits per heavy atom. The van der Waals surface area contributed by atoms with E-state index in [0.29, 0.717) is 12.1 Å². The van der Waals surface area contributed by atoms with Crippen LogP contribution in [0.5, 0.6) is 0 Å². The summed E-state index contributed by atoms with van der Waals surface area (Å²) in [6, 6.07) is 17.8. The molecule has 0 spiro atoms. The molecule has 2 nitrogen and oxygen atoms in total. The Hall–Kier alpha value is -2.11. The van der Waals surface area contributed by atoms with Crippen LogP contribution in [0.2, 0.25) is 0 Å². The lowest BCUT2D eigenvalue weighted by atomic mass is 9.99. The minimum Gasteiger partial charge on any atom is -0.326 e. The lowest BCUT2D eigenvalue weighted by Gasteiger charge is -2.04. The SMILES string of the molecule is N#Cc1ccccc1-c1ccc(CN)cc1. The molecule has 0 aliphatic rings. The van der Waals surface area contributed by atoms with Gasteiger partial charge in [0.15, 0.2) is 0 Å². The Labute approximate surface area is 95.0 Å². The molecule has 0 aromatic heterocycles. The zero-order valence-electron chi connectivity index (χ0n) is 8.85. The Balaban J connectivity index is 2.47. The van der Waals surface area contributed by atoms with Crippen LogP contribution in [-0.2, 0) is 6.54 Å². The second-order valence-electron chi connectivity index (χ2n) is 3.56. The first kappa shape index (κ1) is 10.4. The molecular formula is C14H12N2. The number of nitrogens with two attached hydrogens (primary N) is 1.